The van der Waals surface area contributed by atoms with E-state index in [0.29, 0.717) is 12.8 Å². The minimum Gasteiger partial charge on any atom is -0.376 e. The van der Waals surface area contributed by atoms with Crippen LogP contribution in [-0.4, -0.2) is 27.8 Å². The lowest BCUT2D eigenvalue weighted by Crippen LogP contribution is -2.51. The van der Waals surface area contributed by atoms with Gasteiger partial charge in [-0.15, -0.1) is 0 Å². The number of nitrogens with zero attached hydrogens (tertiary/aromatic N) is 2. The summed E-state index contributed by atoms with van der Waals surface area (Å²) in [4.78, 5) is 37.5. The summed E-state index contributed by atoms with van der Waals surface area (Å²) in [6.45, 7) is 0.478. The summed E-state index contributed by atoms with van der Waals surface area (Å²) in [7, 11) is 0. The van der Waals surface area contributed by atoms with Crippen molar-refractivity contribution >= 4 is 5.91 Å². The summed E-state index contributed by atoms with van der Waals surface area (Å²) < 4.78 is 35.6. The fraction of sp³-hybridized carbons (Fsp3) is 0.261. The van der Waals surface area contributed by atoms with Gasteiger partial charge >= 0.3 is 5.69 Å². The van der Waals surface area contributed by atoms with E-state index in [1.165, 1.54) is 12.1 Å². The van der Waals surface area contributed by atoms with Crippen molar-refractivity contribution in [2.75, 3.05) is 6.61 Å². The second-order valence-corrected chi connectivity index (χ2v) is 7.49. The second-order valence-electron chi connectivity index (χ2n) is 7.49. The molecule has 1 aliphatic rings. The Bertz CT molecular complexity index is 1190. The van der Waals surface area contributed by atoms with Gasteiger partial charge in [0.25, 0.3) is 11.5 Å². The normalized spacial score (nSPS) is 20.3. The van der Waals surface area contributed by atoms with Gasteiger partial charge in [-0.3, -0.25) is 14.2 Å². The molecule has 1 fully saturated rings. The quantitative estimate of drug-likeness (QED) is 0.608. The molecule has 1 aromatic heterocycles. The number of hydrogen-bond donors (Lipinski definition) is 0. The van der Waals surface area contributed by atoms with Crippen molar-refractivity contribution in [2.24, 2.45) is 5.92 Å². The van der Waals surface area contributed by atoms with E-state index in [9.17, 15) is 23.2 Å². The van der Waals surface area contributed by atoms with Crippen molar-refractivity contribution in [3.05, 3.63) is 105 Å². The van der Waals surface area contributed by atoms with Crippen molar-refractivity contribution in [3.63, 3.8) is 0 Å². The van der Waals surface area contributed by atoms with E-state index >= 15 is 0 Å². The molecular formula is C23H20F2N2O4. The third kappa shape index (κ3) is 4.11. The Labute approximate surface area is 176 Å². The number of aromatic nitrogens is 2. The van der Waals surface area contributed by atoms with E-state index < -0.39 is 41.1 Å². The van der Waals surface area contributed by atoms with Gasteiger partial charge in [0.15, 0.2) is 0 Å². The van der Waals surface area contributed by atoms with Crippen LogP contribution >= 0.6 is 0 Å². The smallest absolute Gasteiger partial charge is 0.338 e. The van der Waals surface area contributed by atoms with Crippen LogP contribution in [0.1, 0.15) is 28.4 Å². The van der Waals surface area contributed by atoms with Crippen LogP contribution in [0, 0.1) is 11.7 Å². The van der Waals surface area contributed by atoms with Crippen LogP contribution in [0.4, 0.5) is 8.78 Å². The standard InChI is InChI=1S/C23H20F2N2O4/c24-18-12-26(23(30)27(22(18)29)21(28)16-9-5-2-6-10-16)19-11-17(20(19)25)14-31-13-15-7-3-1-4-8-15/h1-10,12,17,19-20H,11,13-14H2. The molecule has 1 saturated carbocycles. The molecule has 2 aromatic carbocycles. The average molecular weight is 426 g/mol. The lowest BCUT2D eigenvalue weighted by Gasteiger charge is -2.40. The second kappa shape index (κ2) is 8.77. The first-order valence-electron chi connectivity index (χ1n) is 9.86. The highest BCUT2D eigenvalue weighted by atomic mass is 19.1. The van der Waals surface area contributed by atoms with Gasteiger partial charge in [0.05, 0.1) is 25.5 Å². The number of rotatable bonds is 6. The van der Waals surface area contributed by atoms with Gasteiger partial charge < -0.3 is 4.74 Å². The molecule has 31 heavy (non-hydrogen) atoms. The summed E-state index contributed by atoms with van der Waals surface area (Å²) >= 11 is 0. The highest BCUT2D eigenvalue weighted by molar-refractivity contribution is 5.95. The van der Waals surface area contributed by atoms with Crippen LogP contribution < -0.4 is 11.2 Å². The number of alkyl halides is 1. The van der Waals surface area contributed by atoms with Gasteiger partial charge in [0.2, 0.25) is 5.82 Å². The first-order chi connectivity index (χ1) is 15.0. The summed E-state index contributed by atoms with van der Waals surface area (Å²) in [6.07, 6.45) is -0.559. The zero-order valence-corrected chi connectivity index (χ0v) is 16.5. The number of carbonyl (C=O) groups excluding carboxylic acids is 1. The zero-order chi connectivity index (χ0) is 22.0. The van der Waals surface area contributed by atoms with Crippen LogP contribution in [0.25, 0.3) is 0 Å². The van der Waals surface area contributed by atoms with E-state index in [2.05, 4.69) is 0 Å². The number of halogens is 2. The number of carbonyl (C=O) groups is 1. The van der Waals surface area contributed by atoms with Crippen LogP contribution in [0.5, 0.6) is 0 Å². The molecule has 3 unspecified atom stereocenters. The highest BCUT2D eigenvalue weighted by Crippen LogP contribution is 2.40. The van der Waals surface area contributed by atoms with Gasteiger partial charge in [-0.05, 0) is 24.1 Å². The summed E-state index contributed by atoms with van der Waals surface area (Å²) in [6, 6.07) is 16.0. The predicted molar refractivity (Wildman–Crippen MR) is 109 cm³/mol. The number of benzene rings is 2. The maximum Gasteiger partial charge on any atom is 0.338 e. The molecule has 0 aliphatic heterocycles. The SMILES string of the molecule is O=C(c1ccccc1)n1c(=O)c(F)cn(C2CC(COCc3ccccc3)C2F)c1=O. The molecule has 1 heterocycles. The highest BCUT2D eigenvalue weighted by Gasteiger charge is 2.44. The molecule has 8 heteroatoms. The third-order valence-electron chi connectivity index (χ3n) is 5.46. The van der Waals surface area contributed by atoms with Gasteiger partial charge in [0.1, 0.15) is 6.17 Å². The molecule has 160 valence electrons. The van der Waals surface area contributed by atoms with Crippen LogP contribution in [-0.2, 0) is 11.3 Å². The Kier molecular flexibility index (Phi) is 5.90. The topological polar surface area (TPSA) is 70.3 Å². The Balaban J connectivity index is 1.50. The van der Waals surface area contributed by atoms with Crippen molar-refractivity contribution in [2.45, 2.75) is 25.2 Å². The van der Waals surface area contributed by atoms with Gasteiger partial charge in [-0.1, -0.05) is 48.5 Å². The van der Waals surface area contributed by atoms with Crippen LogP contribution in [0.15, 0.2) is 76.4 Å². The van der Waals surface area contributed by atoms with Crippen LogP contribution in [0.2, 0.25) is 0 Å². The zero-order valence-electron chi connectivity index (χ0n) is 16.5. The van der Waals surface area contributed by atoms with E-state index in [1.54, 1.807) is 18.2 Å². The molecule has 0 N–H and O–H groups in total. The van der Waals surface area contributed by atoms with Crippen LogP contribution in [0.3, 0.4) is 0 Å². The molecule has 0 amide bonds. The molecule has 0 spiro atoms. The largest absolute Gasteiger partial charge is 0.376 e. The van der Waals surface area contributed by atoms with Crippen molar-refractivity contribution in [1.82, 2.24) is 9.13 Å². The van der Waals surface area contributed by atoms with E-state index in [0.717, 1.165) is 10.1 Å². The molecule has 3 atom stereocenters. The summed E-state index contributed by atoms with van der Waals surface area (Å²) in [5, 5.41) is 0. The lowest BCUT2D eigenvalue weighted by molar-refractivity contribution is -0.0321. The first kappa shape index (κ1) is 20.9. The molecule has 0 saturated heterocycles. The molecule has 0 bridgehead atoms. The Morgan fingerprint density at radius 3 is 2.32 bits per heavy atom. The molecular weight excluding hydrogens is 406 g/mol. The van der Waals surface area contributed by atoms with E-state index in [-0.39, 0.29) is 23.2 Å². The molecule has 1 aliphatic carbocycles. The maximum absolute atomic E-state index is 14.8. The van der Waals surface area contributed by atoms with Crippen molar-refractivity contribution in [1.29, 1.82) is 0 Å². The summed E-state index contributed by atoms with van der Waals surface area (Å²) in [5.41, 5.74) is -1.40. The summed E-state index contributed by atoms with van der Waals surface area (Å²) in [5.74, 6) is -2.71. The molecule has 0 radical (unpaired) electrons. The first-order valence-corrected chi connectivity index (χ1v) is 9.86. The lowest BCUT2D eigenvalue weighted by atomic mass is 9.78. The fourth-order valence-corrected chi connectivity index (χ4v) is 3.69. The number of ether oxygens (including phenoxy) is 1. The Hall–Kier alpha value is -3.39. The number of hydrogen-bond acceptors (Lipinski definition) is 4. The van der Waals surface area contributed by atoms with Gasteiger partial charge in [0, 0.05) is 11.5 Å². The minimum absolute atomic E-state index is 0.0523. The Morgan fingerprint density at radius 1 is 1.03 bits per heavy atom. The van der Waals surface area contributed by atoms with Crippen molar-refractivity contribution < 1.29 is 18.3 Å². The molecule has 4 rings (SSSR count). The average Bonchev–Trinajstić information content (AvgIpc) is 2.79. The van der Waals surface area contributed by atoms with E-state index in [1.807, 2.05) is 30.3 Å². The minimum atomic E-state index is -1.47. The molecule has 6 nitrogen and oxygen atoms in total. The van der Waals surface area contributed by atoms with Crippen molar-refractivity contribution in [3.8, 4) is 0 Å². The fourth-order valence-electron chi connectivity index (χ4n) is 3.69. The van der Waals surface area contributed by atoms with E-state index in [4.69, 9.17) is 4.74 Å². The maximum atomic E-state index is 14.8. The predicted octanol–water partition coefficient (Wildman–Crippen LogP) is 2.95. The monoisotopic (exact) mass is 426 g/mol. The third-order valence-corrected chi connectivity index (χ3v) is 5.46. The Morgan fingerprint density at radius 2 is 1.68 bits per heavy atom. The molecule has 3 aromatic rings. The van der Waals surface area contributed by atoms with Gasteiger partial charge in [-0.25, -0.2) is 9.18 Å². The van der Waals surface area contributed by atoms with Gasteiger partial charge in [-0.2, -0.15) is 8.96 Å².